The number of aromatic nitrogens is 2. The Balaban J connectivity index is 1.94. The summed E-state index contributed by atoms with van der Waals surface area (Å²) in [4.78, 5) is 21.0. The maximum atomic E-state index is 11.9. The van der Waals surface area contributed by atoms with Crippen LogP contribution < -0.4 is 9.47 Å². The van der Waals surface area contributed by atoms with Gasteiger partial charge in [0.05, 0.1) is 26.0 Å². The minimum Gasteiger partial charge on any atom is -0.490 e. The third-order valence-electron chi connectivity index (χ3n) is 4.03. The lowest BCUT2D eigenvalue weighted by molar-refractivity contribution is 0.0593. The van der Waals surface area contributed by atoms with Crippen molar-refractivity contribution in [3.8, 4) is 33.5 Å². The van der Waals surface area contributed by atoms with Gasteiger partial charge in [0.2, 0.25) is 0 Å². The highest BCUT2D eigenvalue weighted by Crippen LogP contribution is 2.35. The van der Waals surface area contributed by atoms with Gasteiger partial charge in [-0.1, -0.05) is 6.07 Å². The number of hydrogen-bond donors (Lipinski definition) is 0. The Kier molecular flexibility index (Phi) is 6.26. The lowest BCUT2D eigenvalue weighted by Crippen LogP contribution is -2.07. The zero-order valence-electron chi connectivity index (χ0n) is 16.3. The maximum absolute atomic E-state index is 11.9. The van der Waals surface area contributed by atoms with Gasteiger partial charge in [0, 0.05) is 10.9 Å². The Morgan fingerprint density at radius 3 is 2.46 bits per heavy atom. The molecule has 0 atom stereocenters. The molecule has 0 spiro atoms. The van der Waals surface area contributed by atoms with Crippen LogP contribution in [0.15, 0.2) is 35.7 Å². The summed E-state index contributed by atoms with van der Waals surface area (Å²) in [6, 6.07) is 9.48. The van der Waals surface area contributed by atoms with Crippen LogP contribution in [-0.4, -0.2) is 36.3 Å². The van der Waals surface area contributed by atoms with Gasteiger partial charge in [-0.2, -0.15) is 0 Å². The predicted molar refractivity (Wildman–Crippen MR) is 109 cm³/mol. The molecule has 0 radical (unpaired) electrons. The van der Waals surface area contributed by atoms with Gasteiger partial charge in [-0.05, 0) is 50.6 Å². The van der Waals surface area contributed by atoms with Gasteiger partial charge >= 0.3 is 5.97 Å². The van der Waals surface area contributed by atoms with Gasteiger partial charge in [-0.25, -0.2) is 14.8 Å². The van der Waals surface area contributed by atoms with Crippen LogP contribution in [-0.2, 0) is 4.74 Å². The van der Waals surface area contributed by atoms with E-state index in [4.69, 9.17) is 19.2 Å². The molecule has 3 rings (SSSR count). The molecule has 0 unspecified atom stereocenters. The number of carbonyl (C=O) groups excluding carboxylic acids is 1. The van der Waals surface area contributed by atoms with E-state index < -0.39 is 5.97 Å². The van der Waals surface area contributed by atoms with Crippen molar-refractivity contribution in [1.82, 2.24) is 9.97 Å². The average Bonchev–Trinajstić information content (AvgIpc) is 3.19. The second kappa shape index (κ2) is 8.84. The maximum Gasteiger partial charge on any atom is 0.356 e. The topological polar surface area (TPSA) is 70.5 Å². The lowest BCUT2D eigenvalue weighted by atomic mass is 10.1. The first-order valence-corrected chi connectivity index (χ1v) is 9.87. The molecular weight excluding hydrogens is 376 g/mol. The van der Waals surface area contributed by atoms with Crippen molar-refractivity contribution < 1.29 is 19.0 Å². The van der Waals surface area contributed by atoms with Gasteiger partial charge in [0.25, 0.3) is 0 Å². The van der Waals surface area contributed by atoms with E-state index in [2.05, 4.69) is 4.98 Å². The van der Waals surface area contributed by atoms with Crippen LogP contribution in [0.4, 0.5) is 0 Å². The summed E-state index contributed by atoms with van der Waals surface area (Å²) >= 11 is 1.50. The fourth-order valence-electron chi connectivity index (χ4n) is 2.68. The molecule has 146 valence electrons. The number of hydrogen-bond acceptors (Lipinski definition) is 7. The zero-order chi connectivity index (χ0) is 20.1. The zero-order valence-corrected chi connectivity index (χ0v) is 17.1. The Morgan fingerprint density at radius 1 is 1.00 bits per heavy atom. The van der Waals surface area contributed by atoms with Crippen LogP contribution in [0.1, 0.15) is 29.9 Å². The summed E-state index contributed by atoms with van der Waals surface area (Å²) in [6.45, 7) is 6.82. The quantitative estimate of drug-likeness (QED) is 0.534. The molecule has 1 aromatic carbocycles. The SMILES string of the molecule is CCOc1ccc(-c2nc(-c3ccc(C)c(C(=O)OC)n3)cs2)cc1OCC. The first-order valence-electron chi connectivity index (χ1n) is 8.99. The Labute approximate surface area is 168 Å². The smallest absolute Gasteiger partial charge is 0.356 e. The number of methoxy groups -OCH3 is 1. The van der Waals surface area contributed by atoms with Gasteiger partial charge in [-0.3, -0.25) is 0 Å². The number of carbonyl (C=O) groups is 1. The van der Waals surface area contributed by atoms with Crippen molar-refractivity contribution in [3.63, 3.8) is 0 Å². The van der Waals surface area contributed by atoms with Crippen molar-refractivity contribution in [2.75, 3.05) is 20.3 Å². The summed E-state index contributed by atoms with van der Waals surface area (Å²) in [5.74, 6) is 0.954. The summed E-state index contributed by atoms with van der Waals surface area (Å²) in [6.07, 6.45) is 0. The third-order valence-corrected chi connectivity index (χ3v) is 4.92. The molecule has 3 aromatic rings. The first-order chi connectivity index (χ1) is 13.6. The summed E-state index contributed by atoms with van der Waals surface area (Å²) in [5.41, 5.74) is 3.33. The molecule has 0 aliphatic carbocycles. The van der Waals surface area contributed by atoms with E-state index in [1.54, 1.807) is 0 Å². The second-order valence-corrected chi connectivity index (χ2v) is 6.78. The molecule has 0 fully saturated rings. The molecule has 0 bridgehead atoms. The van der Waals surface area contributed by atoms with E-state index in [0.29, 0.717) is 41.8 Å². The van der Waals surface area contributed by atoms with Crippen molar-refractivity contribution in [3.05, 3.63) is 47.0 Å². The Morgan fingerprint density at radius 2 is 1.75 bits per heavy atom. The van der Waals surface area contributed by atoms with E-state index in [1.165, 1.54) is 18.4 Å². The molecule has 7 heteroatoms. The fourth-order valence-corrected chi connectivity index (χ4v) is 3.49. The summed E-state index contributed by atoms with van der Waals surface area (Å²) < 4.78 is 16.1. The summed E-state index contributed by atoms with van der Waals surface area (Å²) in [7, 11) is 1.35. The van der Waals surface area contributed by atoms with Crippen LogP contribution in [0.2, 0.25) is 0 Å². The number of nitrogens with zero attached hydrogens (tertiary/aromatic N) is 2. The van der Waals surface area contributed by atoms with Gasteiger partial charge in [0.15, 0.2) is 17.2 Å². The predicted octanol–water partition coefficient (Wildman–Crippen LogP) is 4.76. The molecule has 0 saturated heterocycles. The van der Waals surface area contributed by atoms with Crippen LogP contribution in [0.3, 0.4) is 0 Å². The monoisotopic (exact) mass is 398 g/mol. The van der Waals surface area contributed by atoms with E-state index in [0.717, 1.165) is 16.1 Å². The number of aryl methyl sites for hydroxylation is 1. The standard InChI is InChI=1S/C21H22N2O4S/c1-5-26-17-10-8-14(11-18(17)27-6-2)20-23-16(12-28-20)15-9-7-13(3)19(22-15)21(24)25-4/h7-12H,5-6H2,1-4H3. The van der Waals surface area contributed by atoms with Crippen molar-refractivity contribution >= 4 is 17.3 Å². The van der Waals surface area contributed by atoms with Crippen molar-refractivity contribution in [2.24, 2.45) is 0 Å². The number of pyridine rings is 1. The highest BCUT2D eigenvalue weighted by molar-refractivity contribution is 7.13. The van der Waals surface area contributed by atoms with Crippen LogP contribution >= 0.6 is 11.3 Å². The van der Waals surface area contributed by atoms with Crippen LogP contribution in [0.25, 0.3) is 22.0 Å². The Hall–Kier alpha value is -2.93. The van der Waals surface area contributed by atoms with Crippen molar-refractivity contribution in [2.45, 2.75) is 20.8 Å². The second-order valence-electron chi connectivity index (χ2n) is 5.92. The minimum atomic E-state index is -0.456. The molecule has 0 aliphatic rings. The molecular formula is C21H22N2O4S. The van der Waals surface area contributed by atoms with Crippen LogP contribution in [0, 0.1) is 6.92 Å². The van der Waals surface area contributed by atoms with Crippen molar-refractivity contribution in [1.29, 1.82) is 0 Å². The Bertz CT molecular complexity index is 984. The number of ether oxygens (including phenoxy) is 3. The molecule has 0 aliphatic heterocycles. The van der Waals surface area contributed by atoms with Crippen LogP contribution in [0.5, 0.6) is 11.5 Å². The van der Waals surface area contributed by atoms with E-state index in [1.807, 2.05) is 56.5 Å². The average molecular weight is 398 g/mol. The van der Waals surface area contributed by atoms with E-state index in [9.17, 15) is 4.79 Å². The molecule has 0 saturated carbocycles. The van der Waals surface area contributed by atoms with Gasteiger partial charge in [-0.15, -0.1) is 11.3 Å². The minimum absolute atomic E-state index is 0.300. The molecule has 6 nitrogen and oxygen atoms in total. The normalized spacial score (nSPS) is 10.6. The summed E-state index contributed by atoms with van der Waals surface area (Å²) in [5, 5.41) is 2.76. The van der Waals surface area contributed by atoms with Gasteiger partial charge < -0.3 is 14.2 Å². The number of rotatable bonds is 7. The number of esters is 1. The largest absolute Gasteiger partial charge is 0.490 e. The van der Waals surface area contributed by atoms with E-state index in [-0.39, 0.29) is 0 Å². The molecule has 2 aromatic heterocycles. The first kappa shape index (κ1) is 19.8. The molecule has 0 amide bonds. The number of thiazole rings is 1. The third kappa shape index (κ3) is 4.14. The molecule has 28 heavy (non-hydrogen) atoms. The number of benzene rings is 1. The molecule has 2 heterocycles. The van der Waals surface area contributed by atoms with E-state index >= 15 is 0 Å². The molecule has 0 N–H and O–H groups in total. The lowest BCUT2D eigenvalue weighted by Gasteiger charge is -2.11. The highest BCUT2D eigenvalue weighted by Gasteiger charge is 2.15. The highest BCUT2D eigenvalue weighted by atomic mass is 32.1. The van der Waals surface area contributed by atoms with Gasteiger partial charge in [0.1, 0.15) is 10.7 Å². The fraction of sp³-hybridized carbons (Fsp3) is 0.286.